The van der Waals surface area contributed by atoms with Crippen LogP contribution in [0, 0.1) is 0 Å². The lowest BCUT2D eigenvalue weighted by atomic mass is 10.1. The SMILES string of the molecule is C=C(NNC(=O)CNC(=O)c1ccncc1)c1ccc(OC)cc1OC. The molecule has 2 aromatic rings. The quantitative estimate of drug-likeness (QED) is 0.613. The number of amides is 2. The Morgan fingerprint density at radius 1 is 1.08 bits per heavy atom. The molecule has 0 saturated heterocycles. The standard InChI is InChI=1S/C18H20N4O4/c1-12(15-5-4-14(25-2)10-16(15)26-3)21-22-17(23)11-20-18(24)13-6-8-19-9-7-13/h4-10,21H,1,11H2,2-3H3,(H,20,24)(H,22,23). The van der Waals surface area contributed by atoms with Gasteiger partial charge in [0.2, 0.25) is 0 Å². The molecule has 0 aliphatic rings. The molecule has 2 rings (SSSR count). The largest absolute Gasteiger partial charge is 0.497 e. The van der Waals surface area contributed by atoms with Crippen molar-refractivity contribution in [3.63, 3.8) is 0 Å². The van der Waals surface area contributed by atoms with Crippen molar-refractivity contribution in [1.82, 2.24) is 21.2 Å². The van der Waals surface area contributed by atoms with Crippen LogP contribution in [0.25, 0.3) is 5.70 Å². The number of benzene rings is 1. The van der Waals surface area contributed by atoms with Gasteiger partial charge in [-0.25, -0.2) is 0 Å². The molecule has 0 bridgehead atoms. The second-order valence-corrected chi connectivity index (χ2v) is 5.14. The van der Waals surface area contributed by atoms with Crippen molar-refractivity contribution in [1.29, 1.82) is 0 Å². The number of hydrogen-bond acceptors (Lipinski definition) is 6. The van der Waals surface area contributed by atoms with E-state index in [1.807, 2.05) is 0 Å². The maximum atomic E-state index is 11.9. The number of carbonyl (C=O) groups is 2. The van der Waals surface area contributed by atoms with Crippen molar-refractivity contribution < 1.29 is 19.1 Å². The predicted molar refractivity (Wildman–Crippen MR) is 96.4 cm³/mol. The number of methoxy groups -OCH3 is 2. The Balaban J connectivity index is 1.85. The highest BCUT2D eigenvalue weighted by Crippen LogP contribution is 2.27. The topological polar surface area (TPSA) is 102 Å². The number of hydrogen-bond donors (Lipinski definition) is 3. The fourth-order valence-electron chi connectivity index (χ4n) is 2.07. The molecule has 2 amide bonds. The van der Waals surface area contributed by atoms with Gasteiger partial charge in [-0.2, -0.15) is 0 Å². The third-order valence-electron chi connectivity index (χ3n) is 3.44. The van der Waals surface area contributed by atoms with Crippen LogP contribution in [0.15, 0.2) is 49.3 Å². The van der Waals surface area contributed by atoms with Crippen LogP contribution in [0.2, 0.25) is 0 Å². The summed E-state index contributed by atoms with van der Waals surface area (Å²) >= 11 is 0. The first-order valence-electron chi connectivity index (χ1n) is 7.69. The van der Waals surface area contributed by atoms with Crippen LogP contribution < -0.4 is 25.6 Å². The average molecular weight is 356 g/mol. The summed E-state index contributed by atoms with van der Waals surface area (Å²) in [6, 6.07) is 8.33. The predicted octanol–water partition coefficient (Wildman–Crippen LogP) is 1.12. The van der Waals surface area contributed by atoms with Gasteiger partial charge in [0.05, 0.1) is 26.5 Å². The van der Waals surface area contributed by atoms with E-state index >= 15 is 0 Å². The molecule has 136 valence electrons. The van der Waals surface area contributed by atoms with Crippen LogP contribution in [0.1, 0.15) is 15.9 Å². The lowest BCUT2D eigenvalue weighted by Crippen LogP contribution is -2.42. The van der Waals surface area contributed by atoms with E-state index in [-0.39, 0.29) is 12.5 Å². The molecule has 0 atom stereocenters. The van der Waals surface area contributed by atoms with Crippen molar-refractivity contribution in [2.75, 3.05) is 20.8 Å². The highest BCUT2D eigenvalue weighted by molar-refractivity contribution is 5.96. The number of rotatable bonds is 8. The summed E-state index contributed by atoms with van der Waals surface area (Å²) in [5.41, 5.74) is 6.68. The van der Waals surface area contributed by atoms with Gasteiger partial charge in [0.25, 0.3) is 11.8 Å². The van der Waals surface area contributed by atoms with Gasteiger partial charge in [-0.1, -0.05) is 6.58 Å². The monoisotopic (exact) mass is 356 g/mol. The van der Waals surface area contributed by atoms with E-state index in [2.05, 4.69) is 27.7 Å². The lowest BCUT2D eigenvalue weighted by Gasteiger charge is -2.15. The lowest BCUT2D eigenvalue weighted by molar-refractivity contribution is -0.120. The fourth-order valence-corrected chi connectivity index (χ4v) is 2.07. The van der Waals surface area contributed by atoms with Gasteiger partial charge in [-0.05, 0) is 24.3 Å². The van der Waals surface area contributed by atoms with Crippen LogP contribution in [0.5, 0.6) is 11.5 Å². The normalized spacial score (nSPS) is 9.77. The molecule has 26 heavy (non-hydrogen) atoms. The summed E-state index contributed by atoms with van der Waals surface area (Å²) < 4.78 is 10.4. The number of aromatic nitrogens is 1. The van der Waals surface area contributed by atoms with Crippen molar-refractivity contribution in [2.45, 2.75) is 0 Å². The molecule has 0 aliphatic carbocycles. The minimum atomic E-state index is -0.430. The molecule has 0 aliphatic heterocycles. The van der Waals surface area contributed by atoms with E-state index in [1.165, 1.54) is 19.5 Å². The molecule has 1 heterocycles. The van der Waals surface area contributed by atoms with E-state index < -0.39 is 5.91 Å². The third kappa shape index (κ3) is 4.97. The first kappa shape index (κ1) is 18.8. The zero-order valence-corrected chi connectivity index (χ0v) is 14.5. The summed E-state index contributed by atoms with van der Waals surface area (Å²) in [5, 5.41) is 2.51. The molecule has 1 aromatic heterocycles. The van der Waals surface area contributed by atoms with E-state index in [4.69, 9.17) is 9.47 Å². The Kier molecular flexibility index (Phi) is 6.55. The van der Waals surface area contributed by atoms with E-state index in [1.54, 1.807) is 37.4 Å². The summed E-state index contributed by atoms with van der Waals surface area (Å²) in [6.07, 6.45) is 3.01. The Bertz CT molecular complexity index is 793. The summed E-state index contributed by atoms with van der Waals surface area (Å²) in [7, 11) is 3.08. The van der Waals surface area contributed by atoms with Crippen molar-refractivity contribution >= 4 is 17.5 Å². The minimum absolute atomic E-state index is 0.193. The molecule has 0 spiro atoms. The second-order valence-electron chi connectivity index (χ2n) is 5.14. The molecule has 8 nitrogen and oxygen atoms in total. The van der Waals surface area contributed by atoms with E-state index in [0.717, 1.165) is 0 Å². The van der Waals surface area contributed by atoms with E-state index in [0.29, 0.717) is 28.3 Å². The van der Waals surface area contributed by atoms with Crippen LogP contribution in [-0.2, 0) is 4.79 Å². The molecule has 1 aromatic carbocycles. The van der Waals surface area contributed by atoms with Gasteiger partial charge in [0.1, 0.15) is 11.5 Å². The van der Waals surface area contributed by atoms with Crippen LogP contribution in [-0.4, -0.2) is 37.6 Å². The van der Waals surface area contributed by atoms with Crippen LogP contribution >= 0.6 is 0 Å². The highest BCUT2D eigenvalue weighted by Gasteiger charge is 2.11. The van der Waals surface area contributed by atoms with Gasteiger partial charge < -0.3 is 14.8 Å². The first-order chi connectivity index (χ1) is 12.5. The minimum Gasteiger partial charge on any atom is -0.497 e. The summed E-state index contributed by atoms with van der Waals surface area (Å²) in [4.78, 5) is 27.6. The number of hydrazine groups is 1. The molecule has 8 heteroatoms. The number of nitrogens with one attached hydrogen (secondary N) is 3. The summed E-state index contributed by atoms with van der Waals surface area (Å²) in [5.74, 6) is 0.391. The van der Waals surface area contributed by atoms with Gasteiger partial charge >= 0.3 is 0 Å². The third-order valence-corrected chi connectivity index (χ3v) is 3.44. The molecular weight excluding hydrogens is 336 g/mol. The Labute approximate surface area is 151 Å². The number of nitrogens with zero attached hydrogens (tertiary/aromatic N) is 1. The van der Waals surface area contributed by atoms with Crippen molar-refractivity contribution in [3.8, 4) is 11.5 Å². The molecule has 0 radical (unpaired) electrons. The number of pyridine rings is 1. The average Bonchev–Trinajstić information content (AvgIpc) is 2.70. The Morgan fingerprint density at radius 3 is 2.46 bits per heavy atom. The molecule has 0 unspecified atom stereocenters. The van der Waals surface area contributed by atoms with E-state index in [9.17, 15) is 9.59 Å². The molecule has 0 saturated carbocycles. The zero-order chi connectivity index (χ0) is 18.9. The first-order valence-corrected chi connectivity index (χ1v) is 7.69. The molecule has 0 fully saturated rings. The summed E-state index contributed by atoms with van der Waals surface area (Å²) in [6.45, 7) is 3.67. The maximum absolute atomic E-state index is 11.9. The Hall–Kier alpha value is -3.55. The highest BCUT2D eigenvalue weighted by atomic mass is 16.5. The van der Waals surface area contributed by atoms with Gasteiger partial charge in [0.15, 0.2) is 0 Å². The van der Waals surface area contributed by atoms with Crippen LogP contribution in [0.3, 0.4) is 0 Å². The van der Waals surface area contributed by atoms with Gasteiger partial charge in [-0.3, -0.25) is 25.4 Å². The Morgan fingerprint density at radius 2 is 1.81 bits per heavy atom. The van der Waals surface area contributed by atoms with Gasteiger partial charge in [0, 0.05) is 29.6 Å². The van der Waals surface area contributed by atoms with Gasteiger partial charge in [-0.15, -0.1) is 0 Å². The number of carbonyl (C=O) groups excluding carboxylic acids is 2. The van der Waals surface area contributed by atoms with Crippen molar-refractivity contribution in [2.24, 2.45) is 0 Å². The number of ether oxygens (including phenoxy) is 2. The van der Waals surface area contributed by atoms with Crippen LogP contribution in [0.4, 0.5) is 0 Å². The van der Waals surface area contributed by atoms with Crippen molar-refractivity contribution in [3.05, 3.63) is 60.4 Å². The fraction of sp³-hybridized carbons (Fsp3) is 0.167. The zero-order valence-electron chi connectivity index (χ0n) is 14.5. The smallest absolute Gasteiger partial charge is 0.257 e. The second kappa shape index (κ2) is 9.07. The molecule has 3 N–H and O–H groups in total. The molecular formula is C18H20N4O4. The maximum Gasteiger partial charge on any atom is 0.257 e.